The van der Waals surface area contributed by atoms with Gasteiger partial charge in [-0.2, -0.15) is 0 Å². The maximum atomic E-state index is 12.1. The summed E-state index contributed by atoms with van der Waals surface area (Å²) in [4.78, 5) is 25.0. The van der Waals surface area contributed by atoms with Crippen LogP contribution in [0.4, 0.5) is 0 Å². The van der Waals surface area contributed by atoms with Crippen molar-refractivity contribution in [3.63, 3.8) is 0 Å². The third-order valence-corrected chi connectivity index (χ3v) is 3.94. The van der Waals surface area contributed by atoms with Gasteiger partial charge in [-0.15, -0.1) is 11.3 Å². The second-order valence-electron chi connectivity index (χ2n) is 4.25. The van der Waals surface area contributed by atoms with Crippen molar-refractivity contribution >= 4 is 34.8 Å². The fourth-order valence-corrected chi connectivity index (χ4v) is 2.79. The van der Waals surface area contributed by atoms with Crippen molar-refractivity contribution in [1.82, 2.24) is 4.90 Å². The molecule has 106 valence electrons. The van der Waals surface area contributed by atoms with Gasteiger partial charge in [0.15, 0.2) is 0 Å². The van der Waals surface area contributed by atoms with Crippen LogP contribution in [0.5, 0.6) is 0 Å². The normalized spacial score (nSPS) is 10.6. The highest BCUT2D eigenvalue weighted by molar-refractivity contribution is 7.17. The topological polar surface area (TPSA) is 70.8 Å². The largest absolute Gasteiger partial charge is 0.478 e. The molecule has 0 aliphatic rings. The summed E-state index contributed by atoms with van der Waals surface area (Å²) in [5, 5.41) is 8.95. The van der Waals surface area contributed by atoms with E-state index in [1.807, 2.05) is 0 Å². The molecule has 0 spiro atoms. The summed E-state index contributed by atoms with van der Waals surface area (Å²) in [5.74, 6) is -0.477. The van der Waals surface area contributed by atoms with Gasteiger partial charge in [0.25, 0.3) is 5.91 Å². The van der Waals surface area contributed by atoms with Gasteiger partial charge in [0.05, 0.1) is 15.8 Å². The van der Waals surface area contributed by atoms with Gasteiger partial charge < -0.3 is 14.4 Å². The number of aryl methyl sites for hydroxylation is 1. The highest BCUT2D eigenvalue weighted by atomic mass is 35.5. The van der Waals surface area contributed by atoms with Crippen LogP contribution in [0.2, 0.25) is 4.34 Å². The Kier molecular flexibility index (Phi) is 4.15. The Morgan fingerprint density at radius 3 is 2.65 bits per heavy atom. The average molecular weight is 314 g/mol. The number of rotatable bonds is 4. The maximum absolute atomic E-state index is 12.1. The van der Waals surface area contributed by atoms with Crippen LogP contribution >= 0.6 is 22.9 Å². The quantitative estimate of drug-likeness (QED) is 0.940. The van der Waals surface area contributed by atoms with Gasteiger partial charge in [-0.1, -0.05) is 11.6 Å². The van der Waals surface area contributed by atoms with Gasteiger partial charge in [0, 0.05) is 7.05 Å². The van der Waals surface area contributed by atoms with Gasteiger partial charge in [-0.25, -0.2) is 4.79 Å². The van der Waals surface area contributed by atoms with Crippen molar-refractivity contribution in [3.05, 3.63) is 44.5 Å². The number of thiophene rings is 1. The highest BCUT2D eigenvalue weighted by Gasteiger charge is 2.18. The summed E-state index contributed by atoms with van der Waals surface area (Å²) in [6.07, 6.45) is 0. The molecule has 20 heavy (non-hydrogen) atoms. The molecule has 2 aromatic heterocycles. The average Bonchev–Trinajstić information content (AvgIpc) is 2.94. The number of carboxylic acids is 1. The van der Waals surface area contributed by atoms with Gasteiger partial charge in [-0.05, 0) is 25.1 Å². The lowest BCUT2D eigenvalue weighted by molar-refractivity contribution is 0.0694. The number of furan rings is 1. The molecule has 0 atom stereocenters. The Morgan fingerprint density at radius 2 is 2.15 bits per heavy atom. The lowest BCUT2D eigenvalue weighted by Crippen LogP contribution is -2.25. The molecule has 0 aromatic carbocycles. The van der Waals surface area contributed by atoms with Crippen LogP contribution in [0, 0.1) is 6.92 Å². The second kappa shape index (κ2) is 5.68. The minimum absolute atomic E-state index is 0.111. The van der Waals surface area contributed by atoms with Crippen molar-refractivity contribution in [3.8, 4) is 0 Å². The van der Waals surface area contributed by atoms with E-state index in [0.29, 0.717) is 20.7 Å². The predicted molar refractivity (Wildman–Crippen MR) is 75.5 cm³/mol. The van der Waals surface area contributed by atoms with Crippen LogP contribution in [0.15, 0.2) is 22.6 Å². The molecular weight excluding hydrogens is 302 g/mol. The summed E-state index contributed by atoms with van der Waals surface area (Å²) in [7, 11) is 1.62. The van der Waals surface area contributed by atoms with Crippen LogP contribution in [0.3, 0.4) is 0 Å². The first kappa shape index (κ1) is 14.6. The SMILES string of the molecule is Cc1oc(CN(C)C(=O)c2ccc(Cl)s2)cc1C(=O)O. The van der Waals surface area contributed by atoms with Crippen molar-refractivity contribution in [2.75, 3.05) is 7.05 Å². The van der Waals surface area contributed by atoms with Gasteiger partial charge in [0.1, 0.15) is 17.1 Å². The maximum Gasteiger partial charge on any atom is 0.339 e. The van der Waals surface area contributed by atoms with Crippen LogP contribution < -0.4 is 0 Å². The highest BCUT2D eigenvalue weighted by Crippen LogP contribution is 2.23. The molecule has 7 heteroatoms. The molecule has 1 N–H and O–H groups in total. The number of hydrogen-bond acceptors (Lipinski definition) is 4. The van der Waals surface area contributed by atoms with E-state index in [9.17, 15) is 9.59 Å². The minimum Gasteiger partial charge on any atom is -0.478 e. The zero-order valence-electron chi connectivity index (χ0n) is 10.8. The second-order valence-corrected chi connectivity index (χ2v) is 5.97. The number of halogens is 1. The molecule has 0 radical (unpaired) electrons. The lowest BCUT2D eigenvalue weighted by atomic mass is 10.2. The van der Waals surface area contributed by atoms with E-state index in [1.54, 1.807) is 26.1 Å². The molecule has 5 nitrogen and oxygen atoms in total. The van der Waals surface area contributed by atoms with E-state index in [2.05, 4.69) is 0 Å². The molecule has 0 saturated heterocycles. The summed E-state index contributed by atoms with van der Waals surface area (Å²) in [5.41, 5.74) is 0.111. The Labute approximate surface area is 124 Å². The number of amides is 1. The molecule has 2 rings (SSSR count). The van der Waals surface area contributed by atoms with E-state index in [4.69, 9.17) is 21.1 Å². The van der Waals surface area contributed by atoms with Gasteiger partial charge in [-0.3, -0.25) is 4.79 Å². The van der Waals surface area contributed by atoms with E-state index < -0.39 is 5.97 Å². The standard InChI is InChI=1S/C13H12ClNO4S/c1-7-9(13(17)18)5-8(19-7)6-15(2)12(16)10-3-4-11(14)20-10/h3-5H,6H2,1-2H3,(H,17,18). The summed E-state index contributed by atoms with van der Waals surface area (Å²) >= 11 is 6.99. The number of carboxylic acid groups (broad SMARTS) is 1. The van der Waals surface area contributed by atoms with Crippen molar-refractivity contribution < 1.29 is 19.1 Å². The van der Waals surface area contributed by atoms with E-state index in [1.165, 1.54) is 22.3 Å². The van der Waals surface area contributed by atoms with Crippen LogP contribution in [0.25, 0.3) is 0 Å². The summed E-state index contributed by atoms with van der Waals surface area (Å²) in [6, 6.07) is 4.75. The molecule has 2 heterocycles. The predicted octanol–water partition coefficient (Wildman–Crippen LogP) is 3.27. The number of nitrogens with zero attached hydrogens (tertiary/aromatic N) is 1. The molecule has 0 unspecified atom stereocenters. The fourth-order valence-electron chi connectivity index (χ4n) is 1.76. The molecule has 0 saturated carbocycles. The Hall–Kier alpha value is -1.79. The summed E-state index contributed by atoms with van der Waals surface area (Å²) in [6.45, 7) is 1.77. The third kappa shape index (κ3) is 3.02. The molecule has 0 aliphatic carbocycles. The Balaban J connectivity index is 2.11. The molecule has 1 amide bonds. The fraction of sp³-hybridized carbons (Fsp3) is 0.231. The number of hydrogen-bond donors (Lipinski definition) is 1. The minimum atomic E-state index is -1.04. The summed E-state index contributed by atoms with van der Waals surface area (Å²) < 4.78 is 5.89. The monoisotopic (exact) mass is 313 g/mol. The molecule has 0 aliphatic heterocycles. The van der Waals surface area contributed by atoms with Crippen LogP contribution in [-0.4, -0.2) is 28.9 Å². The molecule has 2 aromatic rings. The van der Waals surface area contributed by atoms with E-state index in [-0.39, 0.29) is 18.0 Å². The molecule has 0 bridgehead atoms. The Morgan fingerprint density at radius 1 is 1.45 bits per heavy atom. The first-order valence-corrected chi connectivity index (χ1v) is 6.91. The Bertz CT molecular complexity index is 661. The third-order valence-electron chi connectivity index (χ3n) is 2.72. The van der Waals surface area contributed by atoms with Crippen LogP contribution in [-0.2, 0) is 6.54 Å². The number of carbonyl (C=O) groups excluding carboxylic acids is 1. The first-order chi connectivity index (χ1) is 9.38. The van der Waals surface area contributed by atoms with Crippen LogP contribution in [0.1, 0.15) is 31.6 Å². The van der Waals surface area contributed by atoms with E-state index >= 15 is 0 Å². The molecular formula is C13H12ClNO4S. The lowest BCUT2D eigenvalue weighted by Gasteiger charge is -2.14. The zero-order valence-corrected chi connectivity index (χ0v) is 12.4. The smallest absolute Gasteiger partial charge is 0.339 e. The van der Waals surface area contributed by atoms with Gasteiger partial charge in [0.2, 0.25) is 0 Å². The number of carbonyl (C=O) groups is 2. The van der Waals surface area contributed by atoms with E-state index in [0.717, 1.165) is 0 Å². The zero-order chi connectivity index (χ0) is 14.9. The van der Waals surface area contributed by atoms with Crippen molar-refractivity contribution in [1.29, 1.82) is 0 Å². The molecule has 0 fully saturated rings. The van der Waals surface area contributed by atoms with Crippen molar-refractivity contribution in [2.45, 2.75) is 13.5 Å². The number of aromatic carboxylic acids is 1. The van der Waals surface area contributed by atoms with Gasteiger partial charge >= 0.3 is 5.97 Å². The van der Waals surface area contributed by atoms with Crippen molar-refractivity contribution in [2.24, 2.45) is 0 Å². The first-order valence-electron chi connectivity index (χ1n) is 5.72.